The van der Waals surface area contributed by atoms with E-state index >= 15 is 0 Å². The number of carbonyl (C=O) groups is 1. The molecule has 3 saturated heterocycles. The first kappa shape index (κ1) is 16.1. The summed E-state index contributed by atoms with van der Waals surface area (Å²) in [5.41, 5.74) is 2.40. The SMILES string of the molecule is C/C=C1/CN2CC[C@@]34c5ccccc5N(C)[C@]35OC[C@@]4(C(=O)OC)C1CC25. The van der Waals surface area contributed by atoms with E-state index in [4.69, 9.17) is 9.47 Å². The van der Waals surface area contributed by atoms with Crippen LogP contribution < -0.4 is 4.90 Å². The molecule has 142 valence electrons. The van der Waals surface area contributed by atoms with E-state index in [1.807, 2.05) is 0 Å². The molecule has 1 aliphatic carbocycles. The van der Waals surface area contributed by atoms with Crippen molar-refractivity contribution in [2.45, 2.75) is 36.9 Å². The second-order valence-corrected chi connectivity index (χ2v) is 8.82. The Morgan fingerprint density at radius 1 is 1.37 bits per heavy atom. The number of piperidine rings is 2. The molecule has 0 radical (unpaired) electrons. The van der Waals surface area contributed by atoms with E-state index in [1.165, 1.54) is 23.9 Å². The first-order valence-corrected chi connectivity index (χ1v) is 10.0. The van der Waals surface area contributed by atoms with E-state index in [-0.39, 0.29) is 17.3 Å². The molecule has 2 unspecified atom stereocenters. The molecule has 5 bridgehead atoms. The number of hydrogen-bond donors (Lipinski definition) is 0. The maximum Gasteiger partial charge on any atom is 0.315 e. The molecule has 5 nitrogen and oxygen atoms in total. The molecule has 5 heteroatoms. The summed E-state index contributed by atoms with van der Waals surface area (Å²) < 4.78 is 12.3. The van der Waals surface area contributed by atoms with Gasteiger partial charge in [0, 0.05) is 31.7 Å². The average molecular weight is 366 g/mol. The summed E-state index contributed by atoms with van der Waals surface area (Å²) in [6, 6.07) is 8.92. The summed E-state index contributed by atoms with van der Waals surface area (Å²) in [7, 11) is 3.70. The van der Waals surface area contributed by atoms with Crippen LogP contribution in [0.2, 0.25) is 0 Å². The lowest BCUT2D eigenvalue weighted by molar-refractivity contribution is -0.183. The van der Waals surface area contributed by atoms with Crippen molar-refractivity contribution in [2.24, 2.45) is 11.3 Å². The highest BCUT2D eigenvalue weighted by atomic mass is 16.6. The van der Waals surface area contributed by atoms with Gasteiger partial charge in [-0.05, 0) is 31.4 Å². The zero-order valence-electron chi connectivity index (χ0n) is 16.2. The van der Waals surface area contributed by atoms with Crippen LogP contribution in [0.4, 0.5) is 5.69 Å². The predicted octanol–water partition coefficient (Wildman–Crippen LogP) is 2.31. The molecule has 4 heterocycles. The molecule has 4 aliphatic heterocycles. The van der Waals surface area contributed by atoms with Crippen LogP contribution in [0.1, 0.15) is 25.3 Å². The topological polar surface area (TPSA) is 42.0 Å². The Kier molecular flexibility index (Phi) is 2.84. The number of para-hydroxylation sites is 1. The molecule has 0 aromatic heterocycles. The minimum atomic E-state index is -0.645. The lowest BCUT2D eigenvalue weighted by Gasteiger charge is -2.66. The van der Waals surface area contributed by atoms with Crippen molar-refractivity contribution in [1.29, 1.82) is 0 Å². The van der Waals surface area contributed by atoms with Crippen LogP contribution in [0.25, 0.3) is 0 Å². The molecule has 1 aromatic rings. The monoisotopic (exact) mass is 366 g/mol. The third-order valence-electron chi connectivity index (χ3n) is 8.59. The Morgan fingerprint density at radius 2 is 2.19 bits per heavy atom. The van der Waals surface area contributed by atoms with Crippen molar-refractivity contribution in [3.63, 3.8) is 0 Å². The summed E-state index contributed by atoms with van der Waals surface area (Å²) in [4.78, 5) is 18.5. The highest BCUT2D eigenvalue weighted by molar-refractivity contribution is 5.86. The quantitative estimate of drug-likeness (QED) is 0.564. The molecule has 0 N–H and O–H groups in total. The van der Waals surface area contributed by atoms with Crippen molar-refractivity contribution >= 4 is 11.7 Å². The molecular weight excluding hydrogens is 340 g/mol. The van der Waals surface area contributed by atoms with Gasteiger partial charge in [0.05, 0.1) is 25.2 Å². The van der Waals surface area contributed by atoms with Gasteiger partial charge < -0.3 is 14.4 Å². The zero-order valence-corrected chi connectivity index (χ0v) is 16.2. The molecular formula is C22H26N2O3. The van der Waals surface area contributed by atoms with Crippen LogP contribution in [0.15, 0.2) is 35.9 Å². The molecule has 4 fully saturated rings. The smallest absolute Gasteiger partial charge is 0.315 e. The van der Waals surface area contributed by atoms with Gasteiger partial charge in [-0.3, -0.25) is 9.69 Å². The van der Waals surface area contributed by atoms with Gasteiger partial charge in [0.2, 0.25) is 0 Å². The number of benzene rings is 1. The Balaban J connectivity index is 1.75. The van der Waals surface area contributed by atoms with E-state index in [0.29, 0.717) is 12.6 Å². The summed E-state index contributed by atoms with van der Waals surface area (Å²) in [6.45, 7) is 4.50. The lowest BCUT2D eigenvalue weighted by Crippen LogP contribution is -2.80. The van der Waals surface area contributed by atoms with Crippen molar-refractivity contribution in [3.05, 3.63) is 41.5 Å². The number of hydrogen-bond acceptors (Lipinski definition) is 5. The highest BCUT2D eigenvalue weighted by Crippen LogP contribution is 2.76. The van der Waals surface area contributed by atoms with E-state index in [0.717, 1.165) is 25.9 Å². The molecule has 1 saturated carbocycles. The van der Waals surface area contributed by atoms with E-state index in [2.05, 4.69) is 54.1 Å². The highest BCUT2D eigenvalue weighted by Gasteiger charge is 2.86. The number of rotatable bonds is 1. The first-order chi connectivity index (χ1) is 13.1. The standard InChI is InChI=1S/C22H26N2O3/c1-4-14-12-24-10-9-21-15-7-5-6-8-17(15)23(2)22(21)18(24)11-16(14)20(21,13-27-22)19(25)26-3/h4-8,16,18H,9-13H2,1-3H3/b14-4-/t16?,18?,20-,21-,22+/m0/s1. The summed E-state index contributed by atoms with van der Waals surface area (Å²) in [5.74, 6) is 0.0966. The number of likely N-dealkylation sites (N-methyl/N-ethyl adjacent to an activating group) is 1. The first-order valence-electron chi connectivity index (χ1n) is 10.0. The van der Waals surface area contributed by atoms with Crippen molar-refractivity contribution in [2.75, 3.05) is 38.8 Å². The van der Waals surface area contributed by atoms with E-state index < -0.39 is 11.1 Å². The molecule has 0 amide bonds. The van der Waals surface area contributed by atoms with Gasteiger partial charge in [0.1, 0.15) is 5.41 Å². The maximum atomic E-state index is 13.6. The Bertz CT molecular complexity index is 897. The second kappa shape index (κ2) is 4.76. The van der Waals surface area contributed by atoms with Gasteiger partial charge in [0.25, 0.3) is 0 Å². The number of fused-ring (bicyclic) bond motifs is 3. The fraction of sp³-hybridized carbons (Fsp3) is 0.591. The zero-order chi connectivity index (χ0) is 18.6. The Labute approximate surface area is 159 Å². The van der Waals surface area contributed by atoms with Gasteiger partial charge in [-0.1, -0.05) is 29.8 Å². The van der Waals surface area contributed by atoms with Gasteiger partial charge >= 0.3 is 5.97 Å². The van der Waals surface area contributed by atoms with Gasteiger partial charge in [-0.25, -0.2) is 0 Å². The number of nitrogens with zero attached hydrogens (tertiary/aromatic N) is 2. The molecule has 1 aromatic carbocycles. The molecule has 6 rings (SSSR count). The largest absolute Gasteiger partial charge is 0.468 e. The minimum Gasteiger partial charge on any atom is -0.468 e. The predicted molar refractivity (Wildman–Crippen MR) is 101 cm³/mol. The third-order valence-corrected chi connectivity index (χ3v) is 8.59. The average Bonchev–Trinajstić information content (AvgIpc) is 3.09. The van der Waals surface area contributed by atoms with Gasteiger partial charge in [-0.2, -0.15) is 0 Å². The fourth-order valence-electron chi connectivity index (χ4n) is 7.75. The third kappa shape index (κ3) is 1.34. The van der Waals surface area contributed by atoms with Crippen molar-refractivity contribution in [1.82, 2.24) is 4.90 Å². The molecule has 5 atom stereocenters. The van der Waals surface area contributed by atoms with Crippen LogP contribution in [0.3, 0.4) is 0 Å². The van der Waals surface area contributed by atoms with Crippen molar-refractivity contribution in [3.8, 4) is 0 Å². The number of carbonyl (C=O) groups excluding carboxylic acids is 1. The Morgan fingerprint density at radius 3 is 2.96 bits per heavy atom. The number of allylic oxidation sites excluding steroid dienone is 1. The van der Waals surface area contributed by atoms with Gasteiger partial charge in [0.15, 0.2) is 5.72 Å². The van der Waals surface area contributed by atoms with E-state index in [1.54, 1.807) is 0 Å². The normalized spacial score (nSPS) is 45.1. The molecule has 5 aliphatic rings. The summed E-state index contributed by atoms with van der Waals surface area (Å²) in [5, 5.41) is 0. The second-order valence-electron chi connectivity index (χ2n) is 8.82. The van der Waals surface area contributed by atoms with Crippen LogP contribution >= 0.6 is 0 Å². The van der Waals surface area contributed by atoms with E-state index in [9.17, 15) is 4.79 Å². The van der Waals surface area contributed by atoms with Crippen LogP contribution in [0, 0.1) is 11.3 Å². The minimum absolute atomic E-state index is 0.0902. The number of anilines is 1. The summed E-state index contributed by atoms with van der Waals surface area (Å²) in [6.07, 6.45) is 4.13. The number of ether oxygens (including phenoxy) is 2. The Hall–Kier alpha value is -1.85. The maximum absolute atomic E-state index is 13.6. The summed E-state index contributed by atoms with van der Waals surface area (Å²) >= 11 is 0. The number of methoxy groups -OCH3 is 1. The molecule has 27 heavy (non-hydrogen) atoms. The lowest BCUT2D eigenvalue weighted by atomic mass is 9.43. The van der Waals surface area contributed by atoms with Gasteiger partial charge in [-0.15, -0.1) is 0 Å². The van der Waals surface area contributed by atoms with Crippen LogP contribution in [0.5, 0.6) is 0 Å². The van der Waals surface area contributed by atoms with Crippen molar-refractivity contribution < 1.29 is 14.3 Å². The van der Waals surface area contributed by atoms with Crippen LogP contribution in [-0.2, 0) is 19.7 Å². The fourth-order valence-corrected chi connectivity index (χ4v) is 7.75. The number of esters is 1. The molecule has 0 spiro atoms. The van der Waals surface area contributed by atoms with Crippen LogP contribution in [-0.4, -0.2) is 56.5 Å².